The van der Waals surface area contributed by atoms with Gasteiger partial charge in [-0.25, -0.2) is 4.79 Å². The molecule has 0 bridgehead atoms. The second-order valence-corrected chi connectivity index (χ2v) is 11.9. The lowest BCUT2D eigenvalue weighted by Gasteiger charge is -2.23. The fourth-order valence-electron chi connectivity index (χ4n) is 4.26. The first kappa shape index (κ1) is 44.9. The lowest BCUT2D eigenvalue weighted by atomic mass is 10.0. The van der Waals surface area contributed by atoms with Crippen LogP contribution in [0.25, 0.3) is 0 Å². The Hall–Kier alpha value is -5.05. The number of hydrogen-bond donors (Lipinski definition) is 12. The Labute approximate surface area is 289 Å². The van der Waals surface area contributed by atoms with Crippen LogP contribution < -0.4 is 54.8 Å². The number of carbonyl (C=O) groups is 8. The standard InChI is InChI=1S/C29H53N11O10/c1-15(2)11-19(27(48)40-20(28(49)50)12-23(43)44)38-22(42)14-35-25(46)17(7-4-5-9-30)37-21(41)13-36-26(47)18(39-24(45)16(3)31)8-6-10-34-29(32)33/h15-20H,4-14,30-31H2,1-3H3,(H,35,46)(H,36,47)(H,37,41)(H,38,42)(H,39,45)(H,40,48)(H,43,44)(H,49,50)(H4,32,33,34)/t16-,17-,18-,19-,20-/m0/s1. The third kappa shape index (κ3) is 20.3. The second kappa shape index (κ2) is 24.1. The Morgan fingerprint density at radius 3 is 1.62 bits per heavy atom. The Bertz CT molecular complexity index is 1210. The van der Waals surface area contributed by atoms with Crippen molar-refractivity contribution in [3.8, 4) is 0 Å². The van der Waals surface area contributed by atoms with E-state index in [0.717, 1.165) is 0 Å². The molecule has 6 amide bonds. The van der Waals surface area contributed by atoms with Gasteiger partial charge in [-0.15, -0.1) is 0 Å². The maximum atomic E-state index is 13.0. The van der Waals surface area contributed by atoms with Crippen LogP contribution in [0.5, 0.6) is 0 Å². The fraction of sp³-hybridized carbons (Fsp3) is 0.690. The van der Waals surface area contributed by atoms with Gasteiger partial charge in [0.05, 0.1) is 25.6 Å². The Morgan fingerprint density at radius 1 is 0.660 bits per heavy atom. The molecule has 0 aliphatic carbocycles. The number of aliphatic imine (C=N–C) groups is 1. The van der Waals surface area contributed by atoms with E-state index in [1.165, 1.54) is 6.92 Å². The minimum atomic E-state index is -1.73. The molecule has 5 atom stereocenters. The number of carbonyl (C=O) groups excluding carboxylic acids is 6. The van der Waals surface area contributed by atoms with Crippen molar-refractivity contribution < 1.29 is 48.6 Å². The Balaban J connectivity index is 5.42. The highest BCUT2D eigenvalue weighted by Gasteiger charge is 2.29. The van der Waals surface area contributed by atoms with Gasteiger partial charge in [-0.3, -0.25) is 38.6 Å². The number of nitrogens with two attached hydrogens (primary N) is 4. The van der Waals surface area contributed by atoms with Crippen molar-refractivity contribution in [2.75, 3.05) is 26.2 Å². The van der Waals surface area contributed by atoms with Crippen molar-refractivity contribution in [1.82, 2.24) is 31.9 Å². The molecule has 50 heavy (non-hydrogen) atoms. The first-order chi connectivity index (χ1) is 23.4. The van der Waals surface area contributed by atoms with Gasteiger partial charge in [0.15, 0.2) is 5.96 Å². The molecule has 0 radical (unpaired) electrons. The average Bonchev–Trinajstić information content (AvgIpc) is 3.01. The molecule has 0 aliphatic heterocycles. The summed E-state index contributed by atoms with van der Waals surface area (Å²) in [6.07, 6.45) is 0.689. The van der Waals surface area contributed by atoms with Gasteiger partial charge in [0.25, 0.3) is 0 Å². The largest absolute Gasteiger partial charge is 0.481 e. The van der Waals surface area contributed by atoms with Crippen LogP contribution in [0, 0.1) is 5.92 Å². The van der Waals surface area contributed by atoms with Crippen LogP contribution in [-0.4, -0.2) is 120 Å². The molecule has 21 heteroatoms. The van der Waals surface area contributed by atoms with Crippen molar-refractivity contribution in [3.63, 3.8) is 0 Å². The first-order valence-electron chi connectivity index (χ1n) is 16.1. The molecule has 0 saturated heterocycles. The van der Waals surface area contributed by atoms with E-state index < -0.39 is 97.1 Å². The number of nitrogens with one attached hydrogen (secondary N) is 6. The molecule has 0 aliphatic rings. The Morgan fingerprint density at radius 2 is 1.16 bits per heavy atom. The molecule has 0 unspecified atom stereocenters. The summed E-state index contributed by atoms with van der Waals surface area (Å²) >= 11 is 0. The quantitative estimate of drug-likeness (QED) is 0.0240. The molecule has 0 rings (SSSR count). The van der Waals surface area contributed by atoms with E-state index >= 15 is 0 Å². The van der Waals surface area contributed by atoms with Crippen molar-refractivity contribution >= 4 is 53.3 Å². The summed E-state index contributed by atoms with van der Waals surface area (Å²) in [6.45, 7) is 4.21. The van der Waals surface area contributed by atoms with E-state index in [1.54, 1.807) is 13.8 Å². The number of nitrogens with zero attached hydrogens (tertiary/aromatic N) is 1. The maximum absolute atomic E-state index is 13.0. The minimum absolute atomic E-state index is 0.0699. The van der Waals surface area contributed by atoms with E-state index in [4.69, 9.17) is 28.0 Å². The van der Waals surface area contributed by atoms with Crippen LogP contribution in [0.3, 0.4) is 0 Å². The van der Waals surface area contributed by atoms with Gasteiger partial charge in [-0.2, -0.15) is 0 Å². The normalized spacial score (nSPS) is 13.7. The van der Waals surface area contributed by atoms with Crippen LogP contribution in [0.1, 0.15) is 65.7 Å². The molecule has 0 spiro atoms. The average molecular weight is 716 g/mol. The smallest absolute Gasteiger partial charge is 0.326 e. The molecule has 16 N–H and O–H groups in total. The predicted molar refractivity (Wildman–Crippen MR) is 180 cm³/mol. The van der Waals surface area contributed by atoms with Crippen molar-refractivity contribution in [3.05, 3.63) is 0 Å². The van der Waals surface area contributed by atoms with Crippen LogP contribution in [0.4, 0.5) is 0 Å². The summed E-state index contributed by atoms with van der Waals surface area (Å²) in [6, 6.07) is -6.09. The molecular weight excluding hydrogens is 662 g/mol. The molecule has 0 aromatic rings. The predicted octanol–water partition coefficient (Wildman–Crippen LogP) is -4.71. The summed E-state index contributed by atoms with van der Waals surface area (Å²) in [5, 5.41) is 32.4. The number of rotatable bonds is 25. The zero-order valence-corrected chi connectivity index (χ0v) is 28.7. The summed E-state index contributed by atoms with van der Waals surface area (Å²) in [5.74, 6) is -7.86. The van der Waals surface area contributed by atoms with Gasteiger partial charge in [-0.05, 0) is 57.9 Å². The van der Waals surface area contributed by atoms with Gasteiger partial charge in [-0.1, -0.05) is 13.8 Å². The van der Waals surface area contributed by atoms with Crippen LogP contribution in [0.15, 0.2) is 4.99 Å². The van der Waals surface area contributed by atoms with Crippen molar-refractivity contribution in [2.24, 2.45) is 33.8 Å². The van der Waals surface area contributed by atoms with Gasteiger partial charge in [0.1, 0.15) is 24.2 Å². The fourth-order valence-corrected chi connectivity index (χ4v) is 4.26. The number of aliphatic carboxylic acids is 2. The molecule has 0 aromatic heterocycles. The third-order valence-corrected chi connectivity index (χ3v) is 6.79. The molecule has 0 fully saturated rings. The second-order valence-electron chi connectivity index (χ2n) is 11.9. The highest BCUT2D eigenvalue weighted by Crippen LogP contribution is 2.07. The van der Waals surface area contributed by atoms with Gasteiger partial charge in [0, 0.05) is 6.54 Å². The molecule has 284 valence electrons. The molecule has 0 saturated carbocycles. The molecular formula is C29H53N11O10. The number of carboxylic acid groups (broad SMARTS) is 2. The van der Waals surface area contributed by atoms with E-state index in [2.05, 4.69) is 36.9 Å². The van der Waals surface area contributed by atoms with Gasteiger partial charge >= 0.3 is 11.9 Å². The first-order valence-corrected chi connectivity index (χ1v) is 16.1. The lowest BCUT2D eigenvalue weighted by Crippen LogP contribution is -2.55. The summed E-state index contributed by atoms with van der Waals surface area (Å²) in [7, 11) is 0. The summed E-state index contributed by atoms with van der Waals surface area (Å²) in [5.41, 5.74) is 21.7. The Kier molecular flexibility index (Phi) is 21.7. The van der Waals surface area contributed by atoms with E-state index in [9.17, 15) is 43.5 Å². The zero-order valence-electron chi connectivity index (χ0n) is 28.7. The monoisotopic (exact) mass is 715 g/mol. The molecule has 21 nitrogen and oxygen atoms in total. The SMILES string of the molecule is CC(C)C[C@H](NC(=O)CNC(=O)[C@H](CCCCN)NC(=O)CNC(=O)[C@H](CCCN=C(N)N)NC(=O)[C@H](C)N)C(=O)N[C@@H](CC(=O)O)C(=O)O. The van der Waals surface area contributed by atoms with Gasteiger partial charge in [0.2, 0.25) is 35.4 Å². The van der Waals surface area contributed by atoms with Gasteiger partial charge < -0.3 is 65.0 Å². The molecule has 0 aromatic carbocycles. The number of unbranched alkanes of at least 4 members (excludes halogenated alkanes) is 1. The highest BCUT2D eigenvalue weighted by molar-refractivity contribution is 5.95. The zero-order chi connectivity index (χ0) is 38.4. The number of carboxylic acids is 2. The van der Waals surface area contributed by atoms with E-state index in [1.807, 2.05) is 0 Å². The van der Waals surface area contributed by atoms with Crippen LogP contribution in [0.2, 0.25) is 0 Å². The summed E-state index contributed by atoms with van der Waals surface area (Å²) < 4.78 is 0. The lowest BCUT2D eigenvalue weighted by molar-refractivity contribution is -0.147. The van der Waals surface area contributed by atoms with Crippen LogP contribution >= 0.6 is 0 Å². The van der Waals surface area contributed by atoms with Crippen molar-refractivity contribution in [1.29, 1.82) is 0 Å². The molecule has 0 heterocycles. The minimum Gasteiger partial charge on any atom is -0.481 e. The topological polar surface area (TPSA) is 366 Å². The number of guanidine groups is 1. The summed E-state index contributed by atoms with van der Waals surface area (Å²) in [4.78, 5) is 102. The van der Waals surface area contributed by atoms with Crippen molar-refractivity contribution in [2.45, 2.75) is 95.9 Å². The highest BCUT2D eigenvalue weighted by atomic mass is 16.4. The maximum Gasteiger partial charge on any atom is 0.326 e. The van der Waals surface area contributed by atoms with E-state index in [0.29, 0.717) is 25.8 Å². The number of hydrogen-bond acceptors (Lipinski definition) is 11. The number of amides is 6. The third-order valence-electron chi connectivity index (χ3n) is 6.79. The van der Waals surface area contributed by atoms with Crippen LogP contribution in [-0.2, 0) is 38.4 Å². The van der Waals surface area contributed by atoms with E-state index in [-0.39, 0.29) is 37.7 Å².